The first kappa shape index (κ1) is 23.8. The molecule has 0 aliphatic heterocycles. The molecule has 0 rings (SSSR count). The van der Waals surface area contributed by atoms with Crippen molar-refractivity contribution in [2.75, 3.05) is 6.54 Å². The lowest BCUT2D eigenvalue weighted by atomic mass is 10.0. The Balaban J connectivity index is 4.84. The highest BCUT2D eigenvalue weighted by Crippen LogP contribution is 2.07. The zero-order valence-corrected chi connectivity index (χ0v) is 15.2. The van der Waals surface area contributed by atoms with Crippen LogP contribution in [-0.4, -0.2) is 58.6 Å². The minimum Gasteiger partial charge on any atom is -0.481 e. The number of carboxylic acid groups (broad SMARTS) is 2. The second-order valence-corrected chi connectivity index (χ2v) is 6.45. The second-order valence-electron chi connectivity index (χ2n) is 6.45. The number of nitrogens with two attached hydrogens (primary N) is 2. The molecule has 0 aromatic rings. The van der Waals surface area contributed by atoms with Gasteiger partial charge in [-0.3, -0.25) is 14.4 Å². The summed E-state index contributed by atoms with van der Waals surface area (Å²) in [6.45, 7) is 3.81. The highest BCUT2D eigenvalue weighted by molar-refractivity contribution is 5.92. The molecule has 2 amide bonds. The molecule has 150 valence electrons. The zero-order chi connectivity index (χ0) is 20.3. The van der Waals surface area contributed by atoms with E-state index in [2.05, 4.69) is 10.6 Å². The number of rotatable bonds is 13. The molecule has 10 heteroatoms. The standard InChI is InChI=1S/C16H30N4O6/c1-9(2)13(20-14(23)10(18)6-7-12(21)22)15(24)19-11(16(25)26)5-3-4-8-17/h9-11,13H,3-8,17-18H2,1-2H3,(H,19,24)(H,20,23)(H,21,22)(H,25,26). The summed E-state index contributed by atoms with van der Waals surface area (Å²) in [5.41, 5.74) is 11.0. The van der Waals surface area contributed by atoms with Gasteiger partial charge in [-0.05, 0) is 38.1 Å². The third kappa shape index (κ3) is 9.33. The van der Waals surface area contributed by atoms with E-state index in [1.807, 2.05) is 0 Å². The molecule has 0 bridgehead atoms. The van der Waals surface area contributed by atoms with Crippen LogP contribution in [0.15, 0.2) is 0 Å². The Labute approximate surface area is 152 Å². The molecule has 0 radical (unpaired) electrons. The van der Waals surface area contributed by atoms with E-state index in [0.717, 1.165) is 0 Å². The first-order chi connectivity index (χ1) is 12.1. The lowest BCUT2D eigenvalue weighted by Crippen LogP contribution is -2.56. The summed E-state index contributed by atoms with van der Waals surface area (Å²) in [6, 6.07) is -3.12. The summed E-state index contributed by atoms with van der Waals surface area (Å²) in [4.78, 5) is 46.3. The van der Waals surface area contributed by atoms with Gasteiger partial charge in [0.05, 0.1) is 6.04 Å². The van der Waals surface area contributed by atoms with Crippen molar-refractivity contribution in [2.24, 2.45) is 17.4 Å². The number of carbonyl (C=O) groups excluding carboxylic acids is 2. The molecule has 0 aromatic heterocycles. The van der Waals surface area contributed by atoms with Crippen LogP contribution in [0.1, 0.15) is 46.0 Å². The van der Waals surface area contributed by atoms with Crippen LogP contribution in [-0.2, 0) is 19.2 Å². The maximum absolute atomic E-state index is 12.4. The number of hydrogen-bond donors (Lipinski definition) is 6. The molecule has 0 aromatic carbocycles. The highest BCUT2D eigenvalue weighted by atomic mass is 16.4. The number of hydrogen-bond acceptors (Lipinski definition) is 6. The quantitative estimate of drug-likeness (QED) is 0.222. The molecule has 10 nitrogen and oxygen atoms in total. The molecule has 0 heterocycles. The van der Waals surface area contributed by atoms with Gasteiger partial charge in [0.25, 0.3) is 0 Å². The van der Waals surface area contributed by atoms with Crippen LogP contribution in [0.2, 0.25) is 0 Å². The van der Waals surface area contributed by atoms with Crippen molar-refractivity contribution < 1.29 is 29.4 Å². The molecule has 26 heavy (non-hydrogen) atoms. The van der Waals surface area contributed by atoms with Gasteiger partial charge >= 0.3 is 11.9 Å². The lowest BCUT2D eigenvalue weighted by molar-refractivity contribution is -0.142. The number of carbonyl (C=O) groups is 4. The average Bonchev–Trinajstić information content (AvgIpc) is 2.55. The molecule has 0 aliphatic carbocycles. The van der Waals surface area contributed by atoms with Crippen molar-refractivity contribution in [1.29, 1.82) is 0 Å². The van der Waals surface area contributed by atoms with Crippen molar-refractivity contribution in [2.45, 2.75) is 64.1 Å². The van der Waals surface area contributed by atoms with Crippen molar-refractivity contribution in [1.82, 2.24) is 10.6 Å². The first-order valence-corrected chi connectivity index (χ1v) is 8.61. The third-order valence-corrected chi connectivity index (χ3v) is 3.81. The Morgan fingerprint density at radius 2 is 1.58 bits per heavy atom. The first-order valence-electron chi connectivity index (χ1n) is 8.61. The minimum absolute atomic E-state index is 0.0650. The van der Waals surface area contributed by atoms with E-state index in [4.69, 9.17) is 16.6 Å². The summed E-state index contributed by atoms with van der Waals surface area (Å²) in [5, 5.41) is 22.7. The molecule has 0 fully saturated rings. The van der Waals surface area contributed by atoms with Crippen molar-refractivity contribution in [3.63, 3.8) is 0 Å². The third-order valence-electron chi connectivity index (χ3n) is 3.81. The molecule has 0 saturated heterocycles. The van der Waals surface area contributed by atoms with Gasteiger partial charge in [0.1, 0.15) is 12.1 Å². The smallest absolute Gasteiger partial charge is 0.326 e. The molecule has 0 aliphatic rings. The van der Waals surface area contributed by atoms with Gasteiger partial charge in [-0.2, -0.15) is 0 Å². The van der Waals surface area contributed by atoms with Gasteiger partial charge in [0.15, 0.2) is 0 Å². The maximum atomic E-state index is 12.4. The summed E-state index contributed by atoms with van der Waals surface area (Å²) in [6.07, 6.45) is 1.09. The summed E-state index contributed by atoms with van der Waals surface area (Å²) >= 11 is 0. The molecule has 8 N–H and O–H groups in total. The predicted molar refractivity (Wildman–Crippen MR) is 94.1 cm³/mol. The van der Waals surface area contributed by atoms with E-state index in [0.29, 0.717) is 19.4 Å². The number of unbranched alkanes of at least 4 members (excludes halogenated alkanes) is 1. The normalized spacial score (nSPS) is 14.3. The maximum Gasteiger partial charge on any atom is 0.326 e. The van der Waals surface area contributed by atoms with Crippen LogP contribution in [0.5, 0.6) is 0 Å². The van der Waals surface area contributed by atoms with Gasteiger partial charge in [0.2, 0.25) is 11.8 Å². The lowest BCUT2D eigenvalue weighted by Gasteiger charge is -2.25. The minimum atomic E-state index is -1.16. The molecule has 0 spiro atoms. The van der Waals surface area contributed by atoms with Crippen LogP contribution in [0.3, 0.4) is 0 Å². The van der Waals surface area contributed by atoms with Gasteiger partial charge in [-0.25, -0.2) is 4.79 Å². The van der Waals surface area contributed by atoms with Gasteiger partial charge in [-0.1, -0.05) is 13.8 Å². The molecular formula is C16H30N4O6. The summed E-state index contributed by atoms with van der Waals surface area (Å²) < 4.78 is 0. The summed E-state index contributed by atoms with van der Waals surface area (Å²) in [5.74, 6) is -3.84. The van der Waals surface area contributed by atoms with Crippen LogP contribution >= 0.6 is 0 Å². The van der Waals surface area contributed by atoms with Crippen molar-refractivity contribution in [3.8, 4) is 0 Å². The van der Waals surface area contributed by atoms with E-state index in [1.165, 1.54) is 0 Å². The number of nitrogens with one attached hydrogen (secondary N) is 2. The molecular weight excluding hydrogens is 344 g/mol. The Kier molecular flexibility index (Phi) is 11.2. The predicted octanol–water partition coefficient (Wildman–Crippen LogP) is -0.982. The number of aliphatic carboxylic acids is 2. The van der Waals surface area contributed by atoms with E-state index in [-0.39, 0.29) is 25.2 Å². The Morgan fingerprint density at radius 3 is 2.04 bits per heavy atom. The fourth-order valence-electron chi connectivity index (χ4n) is 2.22. The zero-order valence-electron chi connectivity index (χ0n) is 15.2. The molecule has 0 saturated carbocycles. The summed E-state index contributed by atoms with van der Waals surface area (Å²) in [7, 11) is 0. The Bertz CT molecular complexity index is 497. The van der Waals surface area contributed by atoms with E-state index in [1.54, 1.807) is 13.8 Å². The van der Waals surface area contributed by atoms with Gasteiger partial charge in [0, 0.05) is 6.42 Å². The van der Waals surface area contributed by atoms with Gasteiger partial charge < -0.3 is 32.3 Å². The molecule has 3 unspecified atom stereocenters. The highest BCUT2D eigenvalue weighted by Gasteiger charge is 2.29. The van der Waals surface area contributed by atoms with Crippen molar-refractivity contribution >= 4 is 23.8 Å². The Hall–Kier alpha value is -2.20. The SMILES string of the molecule is CC(C)C(NC(=O)C(N)CCC(=O)O)C(=O)NC(CCCCN)C(=O)O. The second kappa shape index (κ2) is 12.2. The largest absolute Gasteiger partial charge is 0.481 e. The van der Waals surface area contributed by atoms with Crippen LogP contribution in [0.4, 0.5) is 0 Å². The Morgan fingerprint density at radius 1 is 0.962 bits per heavy atom. The monoisotopic (exact) mass is 374 g/mol. The molecule has 3 atom stereocenters. The fourth-order valence-corrected chi connectivity index (χ4v) is 2.22. The fraction of sp³-hybridized carbons (Fsp3) is 0.750. The van der Waals surface area contributed by atoms with Crippen molar-refractivity contribution in [3.05, 3.63) is 0 Å². The van der Waals surface area contributed by atoms with E-state index >= 15 is 0 Å². The number of amides is 2. The van der Waals surface area contributed by atoms with Crippen LogP contribution < -0.4 is 22.1 Å². The van der Waals surface area contributed by atoms with Crippen LogP contribution in [0, 0.1) is 5.92 Å². The average molecular weight is 374 g/mol. The van der Waals surface area contributed by atoms with Gasteiger partial charge in [-0.15, -0.1) is 0 Å². The van der Waals surface area contributed by atoms with E-state index in [9.17, 15) is 24.3 Å². The topological polar surface area (TPSA) is 185 Å². The van der Waals surface area contributed by atoms with E-state index < -0.39 is 41.9 Å². The number of carboxylic acids is 2. The van der Waals surface area contributed by atoms with Crippen LogP contribution in [0.25, 0.3) is 0 Å².